The van der Waals surface area contributed by atoms with Gasteiger partial charge in [0.25, 0.3) is 5.91 Å². The maximum Gasteiger partial charge on any atom is 0.252 e. The maximum absolute atomic E-state index is 13.4. The summed E-state index contributed by atoms with van der Waals surface area (Å²) in [4.78, 5) is 18.2. The Labute approximate surface area is 177 Å². The number of ether oxygens (including phenoxy) is 1. The fraction of sp³-hybridized carbons (Fsp3) is 0.385. The highest BCUT2D eigenvalue weighted by molar-refractivity contribution is 6.07. The third-order valence-corrected chi connectivity index (χ3v) is 7.12. The van der Waals surface area contributed by atoms with Crippen molar-refractivity contribution in [2.45, 2.75) is 38.6 Å². The first kappa shape index (κ1) is 19.1. The molecule has 2 bridgehead atoms. The van der Waals surface area contributed by atoms with Crippen molar-refractivity contribution in [1.29, 1.82) is 0 Å². The largest absolute Gasteiger partial charge is 0.497 e. The molecular formula is C26H28N2O2. The Morgan fingerprint density at radius 1 is 1.10 bits per heavy atom. The molecule has 30 heavy (non-hydrogen) atoms. The molecule has 1 aromatic heterocycles. The SMILES string of the molecule is COc1cccc(-c2cc(C(=O)NC(C)C3CC4CCC3C4)c3ccccc3n2)c1. The molecule has 0 radical (unpaired) electrons. The van der Waals surface area contributed by atoms with Crippen LogP contribution in [0.2, 0.25) is 0 Å². The minimum Gasteiger partial charge on any atom is -0.497 e. The van der Waals surface area contributed by atoms with Crippen LogP contribution in [0.1, 0.15) is 43.0 Å². The van der Waals surface area contributed by atoms with Gasteiger partial charge in [-0.05, 0) is 68.2 Å². The second-order valence-electron chi connectivity index (χ2n) is 8.91. The maximum atomic E-state index is 13.4. The molecule has 4 nitrogen and oxygen atoms in total. The molecule has 3 aromatic rings. The molecule has 2 aromatic carbocycles. The van der Waals surface area contributed by atoms with Crippen LogP contribution >= 0.6 is 0 Å². The summed E-state index contributed by atoms with van der Waals surface area (Å²) in [7, 11) is 1.66. The number of hydrogen-bond donors (Lipinski definition) is 1. The smallest absolute Gasteiger partial charge is 0.252 e. The van der Waals surface area contributed by atoms with Crippen LogP contribution in [0.3, 0.4) is 0 Å². The number of amides is 1. The van der Waals surface area contributed by atoms with E-state index < -0.39 is 0 Å². The molecule has 0 saturated heterocycles. The monoisotopic (exact) mass is 400 g/mol. The molecule has 1 N–H and O–H groups in total. The number of nitrogens with zero attached hydrogens (tertiary/aromatic N) is 1. The van der Waals surface area contributed by atoms with E-state index in [1.807, 2.05) is 54.6 Å². The zero-order valence-corrected chi connectivity index (χ0v) is 17.6. The summed E-state index contributed by atoms with van der Waals surface area (Å²) in [5, 5.41) is 4.22. The molecule has 154 valence electrons. The van der Waals surface area contributed by atoms with Gasteiger partial charge in [0, 0.05) is 17.0 Å². The van der Waals surface area contributed by atoms with Crippen LogP contribution in [0.25, 0.3) is 22.2 Å². The number of carbonyl (C=O) groups excluding carboxylic acids is 1. The normalized spacial score (nSPS) is 23.5. The molecule has 4 atom stereocenters. The molecule has 2 fully saturated rings. The van der Waals surface area contributed by atoms with Crippen molar-refractivity contribution in [3.05, 3.63) is 60.2 Å². The molecule has 0 aliphatic heterocycles. The van der Waals surface area contributed by atoms with Gasteiger partial charge in [-0.2, -0.15) is 0 Å². The van der Waals surface area contributed by atoms with Crippen molar-refractivity contribution in [2.75, 3.05) is 7.11 Å². The predicted molar refractivity (Wildman–Crippen MR) is 120 cm³/mol. The van der Waals surface area contributed by atoms with Crippen LogP contribution in [0.15, 0.2) is 54.6 Å². The van der Waals surface area contributed by atoms with Crippen LogP contribution in [0.4, 0.5) is 0 Å². The molecule has 1 amide bonds. The summed E-state index contributed by atoms with van der Waals surface area (Å²) in [6.07, 6.45) is 5.32. The molecule has 2 aliphatic carbocycles. The molecule has 1 heterocycles. The Bertz CT molecular complexity index is 1090. The minimum absolute atomic E-state index is 0.00646. The number of pyridine rings is 1. The minimum atomic E-state index is -0.00646. The molecule has 0 spiro atoms. The van der Waals surface area contributed by atoms with E-state index in [2.05, 4.69) is 12.2 Å². The average molecular weight is 401 g/mol. The van der Waals surface area contributed by atoms with E-state index in [9.17, 15) is 4.79 Å². The zero-order chi connectivity index (χ0) is 20.7. The number of para-hydroxylation sites is 1. The van der Waals surface area contributed by atoms with Crippen molar-refractivity contribution in [2.24, 2.45) is 17.8 Å². The lowest BCUT2D eigenvalue weighted by Gasteiger charge is -2.28. The lowest BCUT2D eigenvalue weighted by Crippen LogP contribution is -2.40. The summed E-state index contributed by atoms with van der Waals surface area (Å²) < 4.78 is 5.37. The zero-order valence-electron chi connectivity index (χ0n) is 17.6. The van der Waals surface area contributed by atoms with Gasteiger partial charge in [0.05, 0.1) is 23.9 Å². The molecule has 4 unspecified atom stereocenters. The predicted octanol–water partition coefficient (Wildman–Crippen LogP) is 5.46. The third kappa shape index (κ3) is 3.45. The van der Waals surface area contributed by atoms with Gasteiger partial charge >= 0.3 is 0 Å². The van der Waals surface area contributed by atoms with Gasteiger partial charge in [0.2, 0.25) is 0 Å². The second-order valence-corrected chi connectivity index (χ2v) is 8.91. The number of carbonyl (C=O) groups is 1. The first-order valence-corrected chi connectivity index (χ1v) is 11.0. The van der Waals surface area contributed by atoms with Crippen molar-refractivity contribution in [3.8, 4) is 17.0 Å². The summed E-state index contributed by atoms with van der Waals surface area (Å²) in [6, 6.07) is 17.8. The van der Waals surface area contributed by atoms with Gasteiger partial charge in [-0.3, -0.25) is 4.79 Å². The number of fused-ring (bicyclic) bond motifs is 3. The second kappa shape index (κ2) is 7.75. The molecular weight excluding hydrogens is 372 g/mol. The number of benzene rings is 2. The van der Waals surface area contributed by atoms with E-state index in [4.69, 9.17) is 9.72 Å². The molecule has 2 saturated carbocycles. The Kier molecular flexibility index (Phi) is 4.93. The van der Waals surface area contributed by atoms with Gasteiger partial charge in [-0.25, -0.2) is 4.98 Å². The van der Waals surface area contributed by atoms with Gasteiger partial charge in [0.1, 0.15) is 5.75 Å². The standard InChI is InChI=1S/C26H28N2O2/c1-16(22-13-17-10-11-18(22)12-17)27-26(29)23-15-25(19-6-5-7-20(14-19)30-2)28-24-9-4-3-8-21(23)24/h3-9,14-18,22H,10-13H2,1-2H3,(H,27,29). The van der Waals surface area contributed by atoms with Gasteiger partial charge in [-0.1, -0.05) is 36.8 Å². The van der Waals surface area contributed by atoms with E-state index in [1.165, 1.54) is 25.7 Å². The number of hydrogen-bond acceptors (Lipinski definition) is 3. The fourth-order valence-electron chi connectivity index (χ4n) is 5.59. The molecule has 2 aliphatic rings. The van der Waals surface area contributed by atoms with Crippen LogP contribution < -0.4 is 10.1 Å². The first-order valence-electron chi connectivity index (χ1n) is 11.0. The van der Waals surface area contributed by atoms with E-state index in [0.29, 0.717) is 11.5 Å². The lowest BCUT2D eigenvalue weighted by molar-refractivity contribution is 0.0917. The molecule has 4 heteroatoms. The van der Waals surface area contributed by atoms with E-state index in [-0.39, 0.29) is 11.9 Å². The average Bonchev–Trinajstić information content (AvgIpc) is 3.42. The van der Waals surface area contributed by atoms with Crippen molar-refractivity contribution < 1.29 is 9.53 Å². The van der Waals surface area contributed by atoms with Crippen molar-refractivity contribution >= 4 is 16.8 Å². The Balaban J connectivity index is 1.48. The number of nitrogens with one attached hydrogen (secondary N) is 1. The number of aromatic nitrogens is 1. The number of rotatable bonds is 5. The number of methoxy groups -OCH3 is 1. The lowest BCUT2D eigenvalue weighted by atomic mass is 9.84. The Morgan fingerprint density at radius 3 is 2.73 bits per heavy atom. The molecule has 5 rings (SSSR count). The highest BCUT2D eigenvalue weighted by Gasteiger charge is 2.42. The fourth-order valence-corrected chi connectivity index (χ4v) is 5.59. The van der Waals surface area contributed by atoms with Crippen molar-refractivity contribution in [1.82, 2.24) is 10.3 Å². The van der Waals surface area contributed by atoms with E-state index in [1.54, 1.807) is 7.11 Å². The van der Waals surface area contributed by atoms with E-state index >= 15 is 0 Å². The van der Waals surface area contributed by atoms with Gasteiger partial charge in [0.15, 0.2) is 0 Å². The quantitative estimate of drug-likeness (QED) is 0.618. The summed E-state index contributed by atoms with van der Waals surface area (Å²) in [6.45, 7) is 2.18. The summed E-state index contributed by atoms with van der Waals surface area (Å²) >= 11 is 0. The highest BCUT2D eigenvalue weighted by atomic mass is 16.5. The third-order valence-electron chi connectivity index (χ3n) is 7.12. The highest BCUT2D eigenvalue weighted by Crippen LogP contribution is 2.49. The van der Waals surface area contributed by atoms with Gasteiger partial charge < -0.3 is 10.1 Å². The summed E-state index contributed by atoms with van der Waals surface area (Å²) in [5.74, 6) is 3.04. The van der Waals surface area contributed by atoms with Gasteiger partial charge in [-0.15, -0.1) is 0 Å². The Hall–Kier alpha value is -2.88. The van der Waals surface area contributed by atoms with Crippen LogP contribution in [-0.4, -0.2) is 24.0 Å². The summed E-state index contributed by atoms with van der Waals surface area (Å²) in [5.41, 5.74) is 3.24. The first-order chi connectivity index (χ1) is 14.6. The van der Waals surface area contributed by atoms with Crippen molar-refractivity contribution in [3.63, 3.8) is 0 Å². The topological polar surface area (TPSA) is 51.2 Å². The van der Waals surface area contributed by atoms with E-state index in [0.717, 1.165) is 39.7 Å². The van der Waals surface area contributed by atoms with Crippen LogP contribution in [0, 0.1) is 17.8 Å². The van der Waals surface area contributed by atoms with Crippen LogP contribution in [0.5, 0.6) is 5.75 Å². The Morgan fingerprint density at radius 2 is 1.97 bits per heavy atom. The van der Waals surface area contributed by atoms with Crippen LogP contribution in [-0.2, 0) is 0 Å².